The van der Waals surface area contributed by atoms with E-state index in [2.05, 4.69) is 12.7 Å². The Labute approximate surface area is 114 Å². The number of methoxy groups -OCH3 is 1. The number of aliphatic hydroxyl groups is 1. The number of carbonyl (C=O) groups is 1. The van der Waals surface area contributed by atoms with Crippen molar-refractivity contribution in [2.24, 2.45) is 17.3 Å². The van der Waals surface area contributed by atoms with Crippen molar-refractivity contribution in [3.63, 3.8) is 0 Å². The molecule has 0 aromatic carbocycles. The van der Waals surface area contributed by atoms with E-state index in [-0.39, 0.29) is 23.2 Å². The van der Waals surface area contributed by atoms with Gasteiger partial charge in [-0.25, -0.2) is 4.79 Å². The topological polar surface area (TPSA) is 46.5 Å². The first-order valence-corrected chi connectivity index (χ1v) is 6.60. The molecule has 2 aliphatic carbocycles. The molecule has 0 spiro atoms. The summed E-state index contributed by atoms with van der Waals surface area (Å²) >= 11 is 0. The van der Waals surface area contributed by atoms with Gasteiger partial charge < -0.3 is 9.84 Å². The third-order valence-electron chi connectivity index (χ3n) is 4.82. The van der Waals surface area contributed by atoms with Crippen LogP contribution in [0.2, 0.25) is 0 Å². The minimum atomic E-state index is -0.950. The summed E-state index contributed by atoms with van der Waals surface area (Å²) in [5.74, 6) is -0.528. The summed E-state index contributed by atoms with van der Waals surface area (Å²) in [6.07, 6.45) is 6.27. The first-order valence-electron chi connectivity index (χ1n) is 6.60. The Balaban J connectivity index is 2.45. The second-order valence-corrected chi connectivity index (χ2v) is 6.19. The van der Waals surface area contributed by atoms with Crippen LogP contribution in [0.15, 0.2) is 36.0 Å². The molecule has 1 unspecified atom stereocenters. The second-order valence-electron chi connectivity index (χ2n) is 6.19. The van der Waals surface area contributed by atoms with Crippen LogP contribution in [0.5, 0.6) is 0 Å². The molecule has 0 amide bonds. The van der Waals surface area contributed by atoms with Gasteiger partial charge in [0.1, 0.15) is 0 Å². The van der Waals surface area contributed by atoms with E-state index in [9.17, 15) is 9.90 Å². The van der Waals surface area contributed by atoms with Crippen LogP contribution >= 0.6 is 0 Å². The number of ether oxygens (including phenoxy) is 1. The van der Waals surface area contributed by atoms with Crippen LogP contribution in [0.3, 0.4) is 0 Å². The maximum Gasteiger partial charge on any atom is 0.334 e. The van der Waals surface area contributed by atoms with Gasteiger partial charge in [0.25, 0.3) is 0 Å². The number of hydrogen-bond acceptors (Lipinski definition) is 3. The molecule has 3 heteroatoms. The van der Waals surface area contributed by atoms with Crippen LogP contribution in [-0.4, -0.2) is 23.8 Å². The molecule has 0 heterocycles. The molecule has 1 N–H and O–H groups in total. The van der Waals surface area contributed by atoms with Crippen molar-refractivity contribution >= 4 is 5.97 Å². The maximum absolute atomic E-state index is 11.8. The van der Waals surface area contributed by atoms with E-state index in [1.54, 1.807) is 0 Å². The van der Waals surface area contributed by atoms with Gasteiger partial charge in [0.15, 0.2) is 0 Å². The Kier molecular flexibility index (Phi) is 3.21. The predicted molar refractivity (Wildman–Crippen MR) is 74.4 cm³/mol. The van der Waals surface area contributed by atoms with Gasteiger partial charge in [0.05, 0.1) is 12.7 Å². The van der Waals surface area contributed by atoms with Crippen molar-refractivity contribution in [3.8, 4) is 0 Å². The molecular formula is C16H22O3. The van der Waals surface area contributed by atoms with E-state index in [0.717, 1.165) is 5.57 Å². The van der Waals surface area contributed by atoms with Gasteiger partial charge in [-0.05, 0) is 13.3 Å². The van der Waals surface area contributed by atoms with Gasteiger partial charge in [0, 0.05) is 22.8 Å². The summed E-state index contributed by atoms with van der Waals surface area (Å²) in [5, 5.41) is 11.1. The molecule has 104 valence electrons. The molecule has 3 atom stereocenters. The highest BCUT2D eigenvalue weighted by Crippen LogP contribution is 2.56. The molecule has 19 heavy (non-hydrogen) atoms. The number of fused-ring (bicyclic) bond motifs is 1. The average molecular weight is 262 g/mol. The average Bonchev–Trinajstić information content (AvgIpc) is 2.67. The fourth-order valence-electron chi connectivity index (χ4n) is 3.54. The molecule has 0 saturated heterocycles. The van der Waals surface area contributed by atoms with Crippen LogP contribution in [0, 0.1) is 17.3 Å². The van der Waals surface area contributed by atoms with Crippen molar-refractivity contribution in [2.75, 3.05) is 7.11 Å². The Morgan fingerprint density at radius 1 is 1.47 bits per heavy atom. The smallest absolute Gasteiger partial charge is 0.334 e. The van der Waals surface area contributed by atoms with Gasteiger partial charge >= 0.3 is 5.97 Å². The number of hydrogen-bond donors (Lipinski definition) is 1. The molecule has 0 aliphatic heterocycles. The van der Waals surface area contributed by atoms with Gasteiger partial charge in [-0.3, -0.25) is 0 Å². The summed E-state index contributed by atoms with van der Waals surface area (Å²) in [6.45, 7) is 10.1. The quantitative estimate of drug-likeness (QED) is 0.614. The lowest BCUT2D eigenvalue weighted by molar-refractivity contribution is -0.139. The normalized spacial score (nSPS) is 35.5. The zero-order chi connectivity index (χ0) is 14.4. The van der Waals surface area contributed by atoms with Crippen LogP contribution < -0.4 is 0 Å². The highest BCUT2D eigenvalue weighted by atomic mass is 16.5. The minimum absolute atomic E-state index is 0.110. The Morgan fingerprint density at radius 2 is 2.11 bits per heavy atom. The molecule has 3 nitrogen and oxygen atoms in total. The zero-order valence-corrected chi connectivity index (χ0v) is 12.1. The highest BCUT2D eigenvalue weighted by molar-refractivity contribution is 5.90. The first kappa shape index (κ1) is 14.1. The predicted octanol–water partition coefficient (Wildman–Crippen LogP) is 2.63. The molecule has 2 aliphatic rings. The zero-order valence-electron chi connectivity index (χ0n) is 12.1. The Morgan fingerprint density at radius 3 is 2.63 bits per heavy atom. The van der Waals surface area contributed by atoms with E-state index in [4.69, 9.17) is 4.74 Å². The SMILES string of the molecule is C=C(C)[C@@H]1C=CC2C(C(=O)OC)=CC[C@@]2(O)C1(C)C. The van der Waals surface area contributed by atoms with Crippen LogP contribution in [0.4, 0.5) is 0 Å². The fraction of sp³-hybridized carbons (Fsp3) is 0.562. The van der Waals surface area contributed by atoms with Crippen molar-refractivity contribution < 1.29 is 14.6 Å². The lowest BCUT2D eigenvalue weighted by Gasteiger charge is -2.51. The van der Waals surface area contributed by atoms with Crippen LogP contribution in [-0.2, 0) is 9.53 Å². The van der Waals surface area contributed by atoms with E-state index >= 15 is 0 Å². The molecule has 0 bridgehead atoms. The van der Waals surface area contributed by atoms with E-state index in [0.29, 0.717) is 12.0 Å². The lowest BCUT2D eigenvalue weighted by Crippen LogP contribution is -2.54. The number of rotatable bonds is 2. The lowest BCUT2D eigenvalue weighted by atomic mass is 9.57. The summed E-state index contributed by atoms with van der Waals surface area (Å²) in [5.41, 5.74) is 0.272. The summed E-state index contributed by atoms with van der Waals surface area (Å²) in [7, 11) is 1.37. The largest absolute Gasteiger partial charge is 0.466 e. The highest BCUT2D eigenvalue weighted by Gasteiger charge is 2.57. The number of allylic oxidation sites excluding steroid dienone is 2. The number of carbonyl (C=O) groups excluding carboxylic acids is 1. The van der Waals surface area contributed by atoms with Gasteiger partial charge in [-0.15, -0.1) is 0 Å². The summed E-state index contributed by atoms with van der Waals surface area (Å²) in [4.78, 5) is 11.8. The van der Waals surface area contributed by atoms with Gasteiger partial charge in [-0.2, -0.15) is 0 Å². The van der Waals surface area contributed by atoms with Gasteiger partial charge in [-0.1, -0.05) is 44.2 Å². The molecule has 2 rings (SSSR count). The molecule has 0 radical (unpaired) electrons. The summed E-state index contributed by atoms with van der Waals surface area (Å²) < 4.78 is 4.80. The molecule has 0 aromatic rings. The van der Waals surface area contributed by atoms with Crippen LogP contribution in [0.1, 0.15) is 27.2 Å². The maximum atomic E-state index is 11.8. The van der Waals surface area contributed by atoms with E-state index in [1.807, 2.05) is 32.9 Å². The van der Waals surface area contributed by atoms with E-state index in [1.165, 1.54) is 7.11 Å². The minimum Gasteiger partial charge on any atom is -0.466 e. The molecular weight excluding hydrogens is 240 g/mol. The second kappa shape index (κ2) is 4.34. The monoisotopic (exact) mass is 262 g/mol. The van der Waals surface area contributed by atoms with Crippen molar-refractivity contribution in [1.29, 1.82) is 0 Å². The first-order chi connectivity index (χ1) is 8.75. The number of esters is 1. The van der Waals surface area contributed by atoms with Crippen molar-refractivity contribution in [2.45, 2.75) is 32.8 Å². The molecule has 0 saturated carbocycles. The standard InChI is InChI=1S/C16H22O3/c1-10(2)12-6-7-13-11(14(17)19-5)8-9-16(13,18)15(12,3)4/h6-8,12-13,18H,1,9H2,2-5H3/t12-,13?,16-/m0/s1. The fourth-order valence-corrected chi connectivity index (χ4v) is 3.54. The Hall–Kier alpha value is -1.35. The van der Waals surface area contributed by atoms with Crippen molar-refractivity contribution in [1.82, 2.24) is 0 Å². The van der Waals surface area contributed by atoms with Crippen molar-refractivity contribution in [3.05, 3.63) is 36.0 Å². The Bertz CT molecular complexity index is 484. The van der Waals surface area contributed by atoms with Crippen LogP contribution in [0.25, 0.3) is 0 Å². The third-order valence-corrected chi connectivity index (χ3v) is 4.82. The molecule has 0 fully saturated rings. The van der Waals surface area contributed by atoms with E-state index < -0.39 is 5.60 Å². The third kappa shape index (κ3) is 1.79. The summed E-state index contributed by atoms with van der Waals surface area (Å²) in [6, 6.07) is 0. The molecule has 0 aromatic heterocycles. The van der Waals surface area contributed by atoms with Gasteiger partial charge in [0.2, 0.25) is 0 Å².